The maximum Gasteiger partial charge on any atom is 0.326 e. The zero-order valence-electron chi connectivity index (χ0n) is 23.6. The monoisotopic (exact) mass is 576 g/mol. The van der Waals surface area contributed by atoms with Gasteiger partial charge in [0, 0.05) is 23.5 Å². The van der Waals surface area contributed by atoms with Gasteiger partial charge in [-0.3, -0.25) is 14.4 Å². The summed E-state index contributed by atoms with van der Waals surface area (Å²) in [4.78, 5) is 54.7. The maximum atomic E-state index is 13.6. The van der Waals surface area contributed by atoms with Crippen LogP contribution in [0.15, 0.2) is 30.5 Å². The number of nitrogens with one attached hydrogen (secondary N) is 4. The summed E-state index contributed by atoms with van der Waals surface area (Å²) in [7, 11) is 0. The fourth-order valence-corrected chi connectivity index (χ4v) is 4.78. The molecule has 1 heterocycles. The number of aliphatic carboxylic acids is 1. The number of hydrogen-bond donors (Lipinski definition) is 7. The predicted molar refractivity (Wildman–Crippen MR) is 159 cm³/mol. The Labute approximate surface area is 240 Å². The van der Waals surface area contributed by atoms with Gasteiger partial charge in [-0.1, -0.05) is 38.5 Å². The quantitative estimate of drug-likeness (QED) is 0.130. The van der Waals surface area contributed by atoms with Gasteiger partial charge in [-0.05, 0) is 61.8 Å². The SMILES string of the molecule is CCC(C)C(N)C(=O)NC(Cc1c[nH]c2ccccc12)C(=O)NC(CCCCN)C(=O)NC(CCSC)C(=O)O. The Bertz CT molecular complexity index is 1130. The minimum Gasteiger partial charge on any atom is -0.480 e. The number of thioether (sulfide) groups is 1. The van der Waals surface area contributed by atoms with Gasteiger partial charge in [0.25, 0.3) is 0 Å². The molecule has 3 amide bonds. The molecule has 12 heteroatoms. The fourth-order valence-electron chi connectivity index (χ4n) is 4.31. The molecule has 1 aromatic heterocycles. The van der Waals surface area contributed by atoms with Crippen LogP contribution < -0.4 is 27.4 Å². The third-order valence-corrected chi connectivity index (χ3v) is 7.74. The molecule has 2 rings (SSSR count). The number of fused-ring (bicyclic) bond motifs is 1. The van der Waals surface area contributed by atoms with Crippen LogP contribution in [0.4, 0.5) is 0 Å². The number of nitrogens with two attached hydrogens (primary N) is 2. The molecule has 2 aromatic rings. The molecule has 9 N–H and O–H groups in total. The van der Waals surface area contributed by atoms with Crippen LogP contribution in [-0.4, -0.2) is 76.5 Å². The Morgan fingerprint density at radius 3 is 2.27 bits per heavy atom. The standard InChI is InChI=1S/C28H44N6O5S/c1-4-17(2)24(30)27(37)34-23(15-18-16-31-20-10-6-5-9-19(18)20)26(36)32-21(11-7-8-13-29)25(35)33-22(28(38)39)12-14-40-3/h5-6,9-10,16-17,21-24,31H,4,7-8,11-15,29-30H2,1-3H3,(H,32,36)(H,33,35)(H,34,37)(H,38,39). The van der Waals surface area contributed by atoms with E-state index < -0.39 is 47.9 Å². The number of H-pyrrole nitrogens is 1. The Morgan fingerprint density at radius 1 is 0.975 bits per heavy atom. The van der Waals surface area contributed by atoms with Crippen LogP contribution in [-0.2, 0) is 25.6 Å². The first kappa shape index (κ1) is 33.1. The minimum absolute atomic E-state index is 0.0965. The maximum absolute atomic E-state index is 13.6. The molecule has 0 aliphatic rings. The van der Waals surface area contributed by atoms with Gasteiger partial charge < -0.3 is 37.5 Å². The summed E-state index contributed by atoms with van der Waals surface area (Å²) in [5.41, 5.74) is 13.5. The highest BCUT2D eigenvalue weighted by molar-refractivity contribution is 7.98. The van der Waals surface area contributed by atoms with Crippen molar-refractivity contribution in [2.45, 2.75) is 76.5 Å². The number of para-hydroxylation sites is 1. The molecule has 0 fully saturated rings. The van der Waals surface area contributed by atoms with Gasteiger partial charge in [-0.25, -0.2) is 4.79 Å². The molecule has 5 unspecified atom stereocenters. The van der Waals surface area contributed by atoms with Gasteiger partial charge >= 0.3 is 5.97 Å². The molecule has 0 bridgehead atoms. The number of aromatic nitrogens is 1. The molecule has 40 heavy (non-hydrogen) atoms. The normalized spacial score (nSPS) is 15.0. The highest BCUT2D eigenvalue weighted by Gasteiger charge is 2.31. The molecule has 5 atom stereocenters. The van der Waals surface area contributed by atoms with Crippen LogP contribution >= 0.6 is 11.8 Å². The topological polar surface area (TPSA) is 192 Å². The predicted octanol–water partition coefficient (Wildman–Crippen LogP) is 1.50. The number of unbranched alkanes of at least 4 members (excludes halogenated alkanes) is 1. The number of aromatic amines is 1. The first-order chi connectivity index (χ1) is 19.1. The van der Waals surface area contributed by atoms with Gasteiger partial charge in [-0.15, -0.1) is 0 Å². The van der Waals surface area contributed by atoms with Crippen molar-refractivity contribution in [3.8, 4) is 0 Å². The van der Waals surface area contributed by atoms with Crippen LogP contribution in [0.25, 0.3) is 10.9 Å². The van der Waals surface area contributed by atoms with Crippen LogP contribution in [0.5, 0.6) is 0 Å². The van der Waals surface area contributed by atoms with Crippen molar-refractivity contribution in [1.29, 1.82) is 0 Å². The number of benzene rings is 1. The van der Waals surface area contributed by atoms with Crippen molar-refractivity contribution in [2.24, 2.45) is 17.4 Å². The largest absolute Gasteiger partial charge is 0.480 e. The molecule has 1 aromatic carbocycles. The number of carbonyl (C=O) groups excluding carboxylic acids is 3. The highest BCUT2D eigenvalue weighted by atomic mass is 32.2. The minimum atomic E-state index is -1.14. The van der Waals surface area contributed by atoms with Gasteiger partial charge in [0.05, 0.1) is 6.04 Å². The number of hydrogen-bond acceptors (Lipinski definition) is 7. The first-order valence-electron chi connectivity index (χ1n) is 13.8. The van der Waals surface area contributed by atoms with Gasteiger partial charge in [0.1, 0.15) is 18.1 Å². The fraction of sp³-hybridized carbons (Fsp3) is 0.571. The third-order valence-electron chi connectivity index (χ3n) is 7.10. The Kier molecular flexibility index (Phi) is 14.0. The Balaban J connectivity index is 2.30. The molecule has 0 aliphatic carbocycles. The van der Waals surface area contributed by atoms with E-state index in [9.17, 15) is 24.3 Å². The van der Waals surface area contributed by atoms with E-state index in [2.05, 4.69) is 20.9 Å². The second kappa shape index (κ2) is 16.9. The summed E-state index contributed by atoms with van der Waals surface area (Å²) in [6.45, 7) is 4.22. The summed E-state index contributed by atoms with van der Waals surface area (Å²) < 4.78 is 0. The van der Waals surface area contributed by atoms with Gasteiger partial charge in [0.15, 0.2) is 0 Å². The van der Waals surface area contributed by atoms with E-state index in [0.717, 1.165) is 16.5 Å². The van der Waals surface area contributed by atoms with E-state index in [1.165, 1.54) is 11.8 Å². The van der Waals surface area contributed by atoms with E-state index >= 15 is 0 Å². The summed E-state index contributed by atoms with van der Waals surface area (Å²) in [6, 6.07) is 3.72. The van der Waals surface area contributed by atoms with Gasteiger partial charge in [-0.2, -0.15) is 11.8 Å². The first-order valence-corrected chi connectivity index (χ1v) is 15.2. The molecule has 0 saturated heterocycles. The van der Waals surface area contributed by atoms with Crippen LogP contribution in [0.3, 0.4) is 0 Å². The van der Waals surface area contributed by atoms with Crippen LogP contribution in [0, 0.1) is 5.92 Å². The van der Waals surface area contributed by atoms with Crippen molar-refractivity contribution >= 4 is 46.4 Å². The van der Waals surface area contributed by atoms with Crippen molar-refractivity contribution in [1.82, 2.24) is 20.9 Å². The van der Waals surface area contributed by atoms with Crippen molar-refractivity contribution in [3.05, 3.63) is 36.0 Å². The number of carboxylic acid groups (broad SMARTS) is 1. The molecule has 222 valence electrons. The summed E-state index contributed by atoms with van der Waals surface area (Å²) in [5, 5.41) is 18.6. The lowest BCUT2D eigenvalue weighted by Gasteiger charge is -2.26. The lowest BCUT2D eigenvalue weighted by atomic mass is 9.98. The summed E-state index contributed by atoms with van der Waals surface area (Å²) in [5.74, 6) is -2.29. The molecular formula is C28H44N6O5S. The van der Waals surface area contributed by atoms with E-state index in [1.54, 1.807) is 6.20 Å². The zero-order chi connectivity index (χ0) is 29.7. The van der Waals surface area contributed by atoms with Crippen LogP contribution in [0.2, 0.25) is 0 Å². The molecule has 0 radical (unpaired) electrons. The second-order valence-corrected chi connectivity index (χ2v) is 11.0. The van der Waals surface area contributed by atoms with E-state index in [1.807, 2.05) is 44.4 Å². The summed E-state index contributed by atoms with van der Waals surface area (Å²) in [6.07, 6.45) is 6.20. The number of rotatable bonds is 18. The van der Waals surface area contributed by atoms with E-state index in [4.69, 9.17) is 11.5 Å². The lowest BCUT2D eigenvalue weighted by molar-refractivity contribution is -0.142. The average Bonchev–Trinajstić information content (AvgIpc) is 3.35. The number of carbonyl (C=O) groups is 4. The van der Waals surface area contributed by atoms with Crippen molar-refractivity contribution in [3.63, 3.8) is 0 Å². The molecule has 0 aliphatic heterocycles. The van der Waals surface area contributed by atoms with E-state index in [0.29, 0.717) is 31.6 Å². The molecule has 11 nitrogen and oxygen atoms in total. The Hall–Kier alpha value is -3.09. The molecule has 0 saturated carbocycles. The average molecular weight is 577 g/mol. The van der Waals surface area contributed by atoms with E-state index in [-0.39, 0.29) is 25.2 Å². The summed E-state index contributed by atoms with van der Waals surface area (Å²) >= 11 is 1.48. The number of amides is 3. The number of carboxylic acids is 1. The molecule has 0 spiro atoms. The third kappa shape index (κ3) is 9.83. The lowest BCUT2D eigenvalue weighted by Crippen LogP contribution is -2.58. The van der Waals surface area contributed by atoms with Crippen molar-refractivity contribution in [2.75, 3.05) is 18.6 Å². The molecular weight excluding hydrogens is 532 g/mol. The highest BCUT2D eigenvalue weighted by Crippen LogP contribution is 2.19. The van der Waals surface area contributed by atoms with Gasteiger partial charge in [0.2, 0.25) is 17.7 Å². The second-order valence-electron chi connectivity index (χ2n) is 10.1. The van der Waals surface area contributed by atoms with Crippen molar-refractivity contribution < 1.29 is 24.3 Å². The smallest absolute Gasteiger partial charge is 0.326 e. The van der Waals surface area contributed by atoms with Crippen LogP contribution in [0.1, 0.15) is 51.5 Å². The Morgan fingerprint density at radius 2 is 1.62 bits per heavy atom. The zero-order valence-corrected chi connectivity index (χ0v) is 24.4.